The molecule has 3 aliphatic rings. The Morgan fingerprint density at radius 2 is 1.88 bits per heavy atom. The number of carbonyl (C=O) groups is 1. The Morgan fingerprint density at radius 3 is 2.62 bits per heavy atom. The summed E-state index contributed by atoms with van der Waals surface area (Å²) in [7, 11) is 0. The Bertz CT molecular complexity index is 1240. The molecule has 10 nitrogen and oxygen atoms in total. The SMILES string of the molecule is CCOC(=O)N1Cc2cc(Cl)ccc2-n2c(nnc2N2CC3(CN(c4ncccn4)C3)C2)C1C. The molecule has 176 valence electrons. The van der Waals surface area contributed by atoms with E-state index in [1.165, 1.54) is 0 Å². The minimum absolute atomic E-state index is 0.210. The molecule has 0 saturated carbocycles. The second-order valence-electron chi connectivity index (χ2n) is 9.23. The summed E-state index contributed by atoms with van der Waals surface area (Å²) in [5.41, 5.74) is 2.08. The number of hydrogen-bond donors (Lipinski definition) is 0. The van der Waals surface area contributed by atoms with E-state index in [4.69, 9.17) is 16.3 Å². The Labute approximate surface area is 202 Å². The lowest BCUT2D eigenvalue weighted by Gasteiger charge is -2.60. The highest BCUT2D eigenvalue weighted by Gasteiger charge is 2.54. The van der Waals surface area contributed by atoms with E-state index in [2.05, 4.69) is 34.5 Å². The Hall–Kier alpha value is -3.40. The molecule has 0 aliphatic carbocycles. The lowest BCUT2D eigenvalue weighted by molar-refractivity contribution is 0.0888. The van der Waals surface area contributed by atoms with Crippen molar-refractivity contribution in [3.05, 3.63) is 53.1 Å². The van der Waals surface area contributed by atoms with Gasteiger partial charge in [-0.2, -0.15) is 0 Å². The van der Waals surface area contributed by atoms with Gasteiger partial charge in [-0.1, -0.05) is 11.6 Å². The third kappa shape index (κ3) is 3.27. The highest BCUT2D eigenvalue weighted by Crippen LogP contribution is 2.44. The van der Waals surface area contributed by atoms with E-state index in [0.29, 0.717) is 24.0 Å². The number of halogens is 1. The fourth-order valence-corrected chi connectivity index (χ4v) is 5.44. The van der Waals surface area contributed by atoms with Crippen molar-refractivity contribution in [2.75, 3.05) is 42.6 Å². The normalized spacial score (nSPS) is 20.2. The lowest BCUT2D eigenvalue weighted by atomic mass is 9.73. The average molecular weight is 481 g/mol. The first-order chi connectivity index (χ1) is 16.5. The van der Waals surface area contributed by atoms with Crippen molar-refractivity contribution in [1.29, 1.82) is 0 Å². The predicted octanol–water partition coefficient (Wildman–Crippen LogP) is 3.07. The predicted molar refractivity (Wildman–Crippen MR) is 126 cm³/mol. The van der Waals surface area contributed by atoms with Crippen LogP contribution in [0.2, 0.25) is 5.02 Å². The van der Waals surface area contributed by atoms with Crippen LogP contribution in [0.25, 0.3) is 5.69 Å². The van der Waals surface area contributed by atoms with Crippen LogP contribution >= 0.6 is 11.6 Å². The first kappa shape index (κ1) is 21.2. The maximum Gasteiger partial charge on any atom is 0.410 e. The van der Waals surface area contributed by atoms with Crippen LogP contribution in [0.4, 0.5) is 16.7 Å². The molecule has 2 fully saturated rings. The molecule has 1 unspecified atom stereocenters. The van der Waals surface area contributed by atoms with Gasteiger partial charge in [0.1, 0.15) is 0 Å². The molecule has 0 bridgehead atoms. The fourth-order valence-electron chi connectivity index (χ4n) is 5.25. The molecule has 3 aliphatic heterocycles. The molecule has 0 N–H and O–H groups in total. The van der Waals surface area contributed by atoms with Gasteiger partial charge < -0.3 is 14.5 Å². The number of ether oxygens (including phenoxy) is 1. The number of nitrogens with zero attached hydrogens (tertiary/aromatic N) is 8. The molecule has 1 amide bonds. The topological polar surface area (TPSA) is 92.5 Å². The molecule has 2 saturated heterocycles. The maximum atomic E-state index is 12.7. The molecule has 1 atom stereocenters. The highest BCUT2D eigenvalue weighted by atomic mass is 35.5. The minimum atomic E-state index is -0.375. The van der Waals surface area contributed by atoms with Crippen molar-refractivity contribution in [2.24, 2.45) is 5.41 Å². The third-order valence-electron chi connectivity index (χ3n) is 6.86. The Balaban J connectivity index is 1.29. The van der Waals surface area contributed by atoms with E-state index in [0.717, 1.165) is 49.3 Å². The molecular formula is C23H25ClN8O2. The zero-order chi connectivity index (χ0) is 23.4. The van der Waals surface area contributed by atoms with Crippen LogP contribution in [-0.2, 0) is 11.3 Å². The van der Waals surface area contributed by atoms with E-state index in [1.807, 2.05) is 31.2 Å². The van der Waals surface area contributed by atoms with Gasteiger partial charge in [-0.05, 0) is 43.7 Å². The molecule has 2 aromatic heterocycles. The number of anilines is 2. The zero-order valence-corrected chi connectivity index (χ0v) is 19.8. The highest BCUT2D eigenvalue weighted by molar-refractivity contribution is 6.30. The molecule has 1 aromatic carbocycles. The standard InChI is InChI=1S/C23H25ClN8O2/c1-3-34-22(33)31-10-16-9-17(24)5-6-18(16)32-19(15(31)2)27-28-21(32)30-13-23(14-30)11-29(12-23)20-25-7-4-8-26-20/h4-9,15H,3,10-14H2,1-2H3. The smallest absolute Gasteiger partial charge is 0.410 e. The van der Waals surface area contributed by atoms with Crippen molar-refractivity contribution in [3.63, 3.8) is 0 Å². The quantitative estimate of drug-likeness (QED) is 0.564. The summed E-state index contributed by atoms with van der Waals surface area (Å²) in [5.74, 6) is 2.27. The zero-order valence-electron chi connectivity index (χ0n) is 19.1. The van der Waals surface area contributed by atoms with Crippen LogP contribution < -0.4 is 9.80 Å². The summed E-state index contributed by atoms with van der Waals surface area (Å²) < 4.78 is 7.39. The number of benzene rings is 1. The summed E-state index contributed by atoms with van der Waals surface area (Å²) >= 11 is 6.32. The molecular weight excluding hydrogens is 456 g/mol. The van der Waals surface area contributed by atoms with Gasteiger partial charge >= 0.3 is 6.09 Å². The first-order valence-corrected chi connectivity index (χ1v) is 11.8. The second kappa shape index (κ2) is 7.83. The minimum Gasteiger partial charge on any atom is -0.450 e. The van der Waals surface area contributed by atoms with Crippen molar-refractivity contribution in [1.82, 2.24) is 29.6 Å². The average Bonchev–Trinajstić information content (AvgIpc) is 3.16. The summed E-state index contributed by atoms with van der Waals surface area (Å²) in [4.78, 5) is 27.6. The summed E-state index contributed by atoms with van der Waals surface area (Å²) in [6, 6.07) is 7.26. The van der Waals surface area contributed by atoms with E-state index < -0.39 is 0 Å². The van der Waals surface area contributed by atoms with Crippen LogP contribution in [0.15, 0.2) is 36.7 Å². The molecule has 34 heavy (non-hydrogen) atoms. The number of hydrogen-bond acceptors (Lipinski definition) is 8. The molecule has 3 aromatic rings. The number of carbonyl (C=O) groups excluding carboxylic acids is 1. The number of amides is 1. The Kier molecular flexibility index (Phi) is 4.87. The van der Waals surface area contributed by atoms with Crippen molar-refractivity contribution in [3.8, 4) is 5.69 Å². The molecule has 11 heteroatoms. The van der Waals surface area contributed by atoms with Crippen molar-refractivity contribution in [2.45, 2.75) is 26.4 Å². The van der Waals surface area contributed by atoms with E-state index in [-0.39, 0.29) is 17.6 Å². The van der Waals surface area contributed by atoms with Gasteiger partial charge in [-0.25, -0.2) is 14.8 Å². The van der Waals surface area contributed by atoms with Crippen LogP contribution in [0.5, 0.6) is 0 Å². The number of rotatable bonds is 3. The van der Waals surface area contributed by atoms with E-state index >= 15 is 0 Å². The van der Waals surface area contributed by atoms with Crippen LogP contribution in [-0.4, -0.2) is 68.5 Å². The van der Waals surface area contributed by atoms with Crippen molar-refractivity contribution < 1.29 is 9.53 Å². The first-order valence-electron chi connectivity index (χ1n) is 11.4. The second-order valence-corrected chi connectivity index (χ2v) is 9.67. The third-order valence-corrected chi connectivity index (χ3v) is 7.10. The van der Waals surface area contributed by atoms with Gasteiger partial charge in [-0.3, -0.25) is 9.47 Å². The van der Waals surface area contributed by atoms with Crippen LogP contribution in [0.3, 0.4) is 0 Å². The summed E-state index contributed by atoms with van der Waals surface area (Å²) in [6.07, 6.45) is 3.17. The molecule has 1 spiro atoms. The summed E-state index contributed by atoms with van der Waals surface area (Å²) in [5, 5.41) is 9.71. The van der Waals surface area contributed by atoms with E-state index in [9.17, 15) is 4.79 Å². The molecule has 5 heterocycles. The van der Waals surface area contributed by atoms with Gasteiger partial charge in [-0.15, -0.1) is 10.2 Å². The van der Waals surface area contributed by atoms with Gasteiger partial charge in [0.15, 0.2) is 5.82 Å². The fraction of sp³-hybridized carbons (Fsp3) is 0.435. The monoisotopic (exact) mass is 480 g/mol. The van der Waals surface area contributed by atoms with Gasteiger partial charge in [0, 0.05) is 49.0 Å². The van der Waals surface area contributed by atoms with Gasteiger partial charge in [0.25, 0.3) is 0 Å². The van der Waals surface area contributed by atoms with Gasteiger partial charge in [0.2, 0.25) is 11.9 Å². The lowest BCUT2D eigenvalue weighted by Crippen LogP contribution is -2.73. The number of aromatic nitrogens is 5. The van der Waals surface area contributed by atoms with Gasteiger partial charge in [0.05, 0.1) is 24.9 Å². The van der Waals surface area contributed by atoms with Crippen LogP contribution in [0.1, 0.15) is 31.3 Å². The summed E-state index contributed by atoms with van der Waals surface area (Å²) in [6.45, 7) is 8.06. The van der Waals surface area contributed by atoms with Crippen LogP contribution in [0, 0.1) is 5.41 Å². The largest absolute Gasteiger partial charge is 0.450 e. The van der Waals surface area contributed by atoms with Crippen molar-refractivity contribution >= 4 is 29.6 Å². The van der Waals surface area contributed by atoms with E-state index in [1.54, 1.807) is 24.2 Å². The Morgan fingerprint density at radius 1 is 1.15 bits per heavy atom. The molecule has 0 radical (unpaired) electrons. The number of fused-ring (bicyclic) bond motifs is 3. The molecule has 6 rings (SSSR count). The maximum absolute atomic E-state index is 12.7.